The van der Waals surface area contributed by atoms with Gasteiger partial charge in [-0.25, -0.2) is 4.98 Å². The average molecular weight is 279 g/mol. The molecule has 0 aliphatic carbocycles. The van der Waals surface area contributed by atoms with E-state index >= 15 is 0 Å². The summed E-state index contributed by atoms with van der Waals surface area (Å²) in [7, 11) is 0. The summed E-state index contributed by atoms with van der Waals surface area (Å²) in [4.78, 5) is 23.9. The van der Waals surface area contributed by atoms with Gasteiger partial charge in [0.1, 0.15) is 5.82 Å². The summed E-state index contributed by atoms with van der Waals surface area (Å²) in [6.45, 7) is 1.70. The van der Waals surface area contributed by atoms with Crippen LogP contribution in [0.5, 0.6) is 0 Å². The molecule has 0 saturated carbocycles. The molecular weight excluding hydrogens is 266 g/mol. The number of primary amides is 1. The molecule has 0 bridgehead atoms. The quantitative estimate of drug-likeness (QED) is 0.720. The van der Waals surface area contributed by atoms with Crippen LogP contribution in [0, 0.1) is 6.92 Å². The number of carboxylic acid groups (broad SMARTS) is 1. The number of hydrogen-bond acceptors (Lipinski definition) is 5. The Morgan fingerprint density at radius 1 is 1.47 bits per heavy atom. The Morgan fingerprint density at radius 2 is 2.11 bits per heavy atom. The summed E-state index contributed by atoms with van der Waals surface area (Å²) in [5.41, 5.74) is 13.7. The van der Waals surface area contributed by atoms with E-state index in [9.17, 15) is 4.79 Å². The highest BCUT2D eigenvalue weighted by Crippen LogP contribution is 2.28. The van der Waals surface area contributed by atoms with Gasteiger partial charge in [0.25, 0.3) is 12.4 Å². The molecule has 6 nitrogen and oxygen atoms in total. The van der Waals surface area contributed by atoms with E-state index in [1.807, 2.05) is 12.3 Å². The molecule has 2 aromatic rings. The fourth-order valence-electron chi connectivity index (χ4n) is 1.49. The second-order valence-corrected chi connectivity index (χ2v) is 4.50. The van der Waals surface area contributed by atoms with E-state index in [0.717, 1.165) is 16.7 Å². The number of carbonyl (C=O) groups excluding carboxylic acids is 1. The fraction of sp³-hybridized carbons (Fsp3) is 0.0833. The van der Waals surface area contributed by atoms with Crippen molar-refractivity contribution in [3.8, 4) is 11.1 Å². The number of rotatable bonds is 2. The van der Waals surface area contributed by atoms with E-state index in [4.69, 9.17) is 21.4 Å². The van der Waals surface area contributed by atoms with Crippen molar-refractivity contribution in [2.24, 2.45) is 5.73 Å². The van der Waals surface area contributed by atoms with E-state index in [1.165, 1.54) is 11.3 Å². The lowest BCUT2D eigenvalue weighted by atomic mass is 10.1. The number of nitrogens with two attached hydrogens (primary N) is 2. The van der Waals surface area contributed by atoms with Crippen LogP contribution in [0.4, 0.5) is 5.82 Å². The van der Waals surface area contributed by atoms with Crippen LogP contribution < -0.4 is 11.5 Å². The van der Waals surface area contributed by atoms with E-state index in [1.54, 1.807) is 18.3 Å². The van der Waals surface area contributed by atoms with Gasteiger partial charge in [0.2, 0.25) is 0 Å². The number of carbonyl (C=O) groups is 2. The van der Waals surface area contributed by atoms with Crippen LogP contribution in [0.1, 0.15) is 15.2 Å². The molecule has 0 aromatic carbocycles. The largest absolute Gasteiger partial charge is 0.483 e. The van der Waals surface area contributed by atoms with Crippen molar-refractivity contribution in [3.63, 3.8) is 0 Å². The molecule has 0 unspecified atom stereocenters. The van der Waals surface area contributed by atoms with Gasteiger partial charge in [-0.3, -0.25) is 9.59 Å². The van der Waals surface area contributed by atoms with Crippen molar-refractivity contribution in [1.82, 2.24) is 4.98 Å². The molecule has 0 aliphatic heterocycles. The highest BCUT2D eigenvalue weighted by atomic mass is 32.1. The van der Waals surface area contributed by atoms with Gasteiger partial charge in [0.15, 0.2) is 0 Å². The zero-order valence-electron chi connectivity index (χ0n) is 10.2. The summed E-state index contributed by atoms with van der Waals surface area (Å²) in [6, 6.07) is 3.57. The van der Waals surface area contributed by atoms with Gasteiger partial charge in [-0.05, 0) is 35.6 Å². The summed E-state index contributed by atoms with van der Waals surface area (Å²) in [6.07, 6.45) is 1.71. The average Bonchev–Trinajstić information content (AvgIpc) is 2.79. The Morgan fingerprint density at radius 3 is 2.58 bits per heavy atom. The monoisotopic (exact) mass is 279 g/mol. The second kappa shape index (κ2) is 6.50. The van der Waals surface area contributed by atoms with Gasteiger partial charge in [0, 0.05) is 11.8 Å². The van der Waals surface area contributed by atoms with Crippen LogP contribution in [-0.2, 0) is 4.79 Å². The Labute approximate surface area is 113 Å². The van der Waals surface area contributed by atoms with Gasteiger partial charge in [-0.2, -0.15) is 0 Å². The molecule has 0 saturated heterocycles. The van der Waals surface area contributed by atoms with Gasteiger partial charge in [-0.1, -0.05) is 0 Å². The number of amides is 1. The first-order valence-electron chi connectivity index (χ1n) is 5.18. The fourth-order valence-corrected chi connectivity index (χ4v) is 2.25. The van der Waals surface area contributed by atoms with Crippen molar-refractivity contribution in [2.75, 3.05) is 5.73 Å². The maximum absolute atomic E-state index is 11.0. The minimum atomic E-state index is -0.405. The molecule has 2 heterocycles. The Hall–Kier alpha value is -2.41. The number of pyridine rings is 1. The number of nitrogens with zero attached hydrogens (tertiary/aromatic N) is 1. The van der Waals surface area contributed by atoms with Crippen molar-refractivity contribution in [2.45, 2.75) is 6.92 Å². The number of aromatic nitrogens is 1. The molecular formula is C12H13N3O3S. The number of nitrogen functional groups attached to an aromatic ring is 1. The van der Waals surface area contributed by atoms with Gasteiger partial charge < -0.3 is 16.6 Å². The number of anilines is 1. The van der Waals surface area contributed by atoms with Gasteiger partial charge >= 0.3 is 0 Å². The third kappa shape index (κ3) is 3.78. The van der Waals surface area contributed by atoms with E-state index in [0.29, 0.717) is 10.7 Å². The lowest BCUT2D eigenvalue weighted by molar-refractivity contribution is -0.122. The molecule has 0 spiro atoms. The summed E-state index contributed by atoms with van der Waals surface area (Å²) < 4.78 is 0. The topological polar surface area (TPSA) is 119 Å². The molecule has 1 amide bonds. The minimum absolute atomic E-state index is 0.250. The van der Waals surface area contributed by atoms with Crippen LogP contribution in [0.15, 0.2) is 23.7 Å². The van der Waals surface area contributed by atoms with Crippen molar-refractivity contribution >= 4 is 29.5 Å². The lowest BCUT2D eigenvalue weighted by Gasteiger charge is -2.03. The van der Waals surface area contributed by atoms with Crippen molar-refractivity contribution in [3.05, 3.63) is 34.2 Å². The second-order valence-electron chi connectivity index (χ2n) is 3.59. The molecule has 0 aliphatic rings. The molecule has 100 valence electrons. The normalized spacial score (nSPS) is 9.32. The number of hydrogen-bond donors (Lipinski definition) is 3. The first-order valence-corrected chi connectivity index (χ1v) is 6.06. The van der Waals surface area contributed by atoms with Crippen LogP contribution >= 0.6 is 11.3 Å². The van der Waals surface area contributed by atoms with Gasteiger partial charge in [-0.15, -0.1) is 11.3 Å². The molecule has 5 N–H and O–H groups in total. The van der Waals surface area contributed by atoms with Gasteiger partial charge in [0.05, 0.1) is 4.88 Å². The predicted molar refractivity (Wildman–Crippen MR) is 73.9 cm³/mol. The first-order chi connectivity index (χ1) is 8.99. The molecule has 0 fully saturated rings. The minimum Gasteiger partial charge on any atom is -0.483 e. The third-order valence-electron chi connectivity index (χ3n) is 2.29. The molecule has 0 radical (unpaired) electrons. The molecule has 7 heteroatoms. The number of aryl methyl sites for hydroxylation is 1. The molecule has 2 aromatic heterocycles. The summed E-state index contributed by atoms with van der Waals surface area (Å²) in [5, 5.41) is 8.78. The number of thiophene rings is 1. The van der Waals surface area contributed by atoms with Crippen LogP contribution in [0.3, 0.4) is 0 Å². The smallest absolute Gasteiger partial charge is 0.290 e. The lowest BCUT2D eigenvalue weighted by Crippen LogP contribution is -2.08. The van der Waals surface area contributed by atoms with E-state index < -0.39 is 5.91 Å². The Balaban J connectivity index is 0.000000550. The molecule has 0 atom stereocenters. The summed E-state index contributed by atoms with van der Waals surface area (Å²) in [5.74, 6) is 0.0870. The SMILES string of the molecule is Cc1cc(N)ncc1-c1csc(C(N)=O)c1.O=CO. The van der Waals surface area contributed by atoms with Crippen LogP contribution in [0.25, 0.3) is 11.1 Å². The predicted octanol–water partition coefficient (Wildman–Crippen LogP) is 1.50. The van der Waals surface area contributed by atoms with Crippen molar-refractivity contribution < 1.29 is 14.7 Å². The zero-order valence-corrected chi connectivity index (χ0v) is 11.0. The van der Waals surface area contributed by atoms with Crippen LogP contribution in [0.2, 0.25) is 0 Å². The summed E-state index contributed by atoms with van der Waals surface area (Å²) >= 11 is 1.33. The molecule has 19 heavy (non-hydrogen) atoms. The Kier molecular flexibility index (Phi) is 5.01. The highest BCUT2D eigenvalue weighted by molar-refractivity contribution is 7.12. The van der Waals surface area contributed by atoms with E-state index in [-0.39, 0.29) is 6.47 Å². The third-order valence-corrected chi connectivity index (χ3v) is 3.23. The maximum Gasteiger partial charge on any atom is 0.290 e. The Bertz CT molecular complexity index is 596. The first kappa shape index (κ1) is 14.7. The standard InChI is InChI=1S/C11H11N3OS.CH2O2/c1-6-2-10(12)14-4-8(6)7-3-9(11(13)15)16-5-7;2-1-3/h2-5H,1H3,(H2,12,14)(H2,13,15);1H,(H,2,3). The van der Waals surface area contributed by atoms with Crippen LogP contribution in [-0.4, -0.2) is 22.5 Å². The maximum atomic E-state index is 11.0. The molecule has 2 rings (SSSR count). The zero-order chi connectivity index (χ0) is 14.4. The highest BCUT2D eigenvalue weighted by Gasteiger charge is 2.08. The van der Waals surface area contributed by atoms with Crippen molar-refractivity contribution in [1.29, 1.82) is 0 Å². The van der Waals surface area contributed by atoms with E-state index in [2.05, 4.69) is 4.98 Å².